The molecule has 6 heteroatoms. The Balaban J connectivity index is 2.39. The summed E-state index contributed by atoms with van der Waals surface area (Å²) in [6.07, 6.45) is 1.64. The van der Waals surface area contributed by atoms with Gasteiger partial charge in [0.25, 0.3) is 5.91 Å². The molecule has 0 aromatic heterocycles. The molecular weight excluding hydrogens is 357 g/mol. The summed E-state index contributed by atoms with van der Waals surface area (Å²) in [6.45, 7) is 0. The van der Waals surface area contributed by atoms with Crippen molar-refractivity contribution in [1.82, 2.24) is 5.32 Å². The smallest absolute Gasteiger partial charge is 0.263 e. The monoisotopic (exact) mass is 363 g/mol. The van der Waals surface area contributed by atoms with Gasteiger partial charge in [-0.05, 0) is 46.9 Å². The van der Waals surface area contributed by atoms with Gasteiger partial charge in [-0.25, -0.2) is 0 Å². The molecule has 2 rings (SSSR count). The first-order chi connectivity index (χ1) is 7.56. The molecule has 2 N–H and O–H groups in total. The van der Waals surface area contributed by atoms with Crippen molar-refractivity contribution in [2.45, 2.75) is 0 Å². The van der Waals surface area contributed by atoms with Crippen molar-refractivity contribution >= 4 is 62.9 Å². The van der Waals surface area contributed by atoms with Gasteiger partial charge in [-0.2, -0.15) is 0 Å². The molecule has 82 valence electrons. The normalized spacial score (nSPS) is 17.9. The molecule has 16 heavy (non-hydrogen) atoms. The number of benzene rings is 1. The van der Waals surface area contributed by atoms with Crippen molar-refractivity contribution in [2.24, 2.45) is 0 Å². The Morgan fingerprint density at radius 2 is 2.25 bits per heavy atom. The van der Waals surface area contributed by atoms with Crippen molar-refractivity contribution in [3.05, 3.63) is 32.2 Å². The quantitative estimate of drug-likeness (QED) is 0.457. The number of phenolic OH excluding ortho intramolecular Hbond substituents is 1. The summed E-state index contributed by atoms with van der Waals surface area (Å²) >= 11 is 8.22. The molecule has 1 heterocycles. The van der Waals surface area contributed by atoms with Gasteiger partial charge in [0.05, 0.1) is 4.91 Å². The van der Waals surface area contributed by atoms with E-state index in [1.54, 1.807) is 24.3 Å². The van der Waals surface area contributed by atoms with Crippen LogP contribution in [0.15, 0.2) is 23.1 Å². The van der Waals surface area contributed by atoms with Gasteiger partial charge in [0, 0.05) is 9.13 Å². The van der Waals surface area contributed by atoms with E-state index in [1.807, 2.05) is 0 Å². The minimum Gasteiger partial charge on any atom is -0.507 e. The van der Waals surface area contributed by atoms with E-state index in [1.165, 1.54) is 11.8 Å². The number of aromatic hydroxyl groups is 1. The molecule has 0 atom stereocenters. The fourth-order valence-electron chi connectivity index (χ4n) is 1.20. The number of hydrogen-bond acceptors (Lipinski definition) is 4. The minimum absolute atomic E-state index is 0.152. The lowest BCUT2D eigenvalue weighted by atomic mass is 10.2. The first kappa shape index (κ1) is 11.9. The highest BCUT2D eigenvalue weighted by Gasteiger charge is 2.22. The number of phenols is 1. The van der Waals surface area contributed by atoms with Crippen LogP contribution in [-0.4, -0.2) is 15.3 Å². The number of carbonyl (C=O) groups is 1. The second-order valence-electron chi connectivity index (χ2n) is 3.06. The summed E-state index contributed by atoms with van der Waals surface area (Å²) in [5, 5.41) is 12.2. The van der Waals surface area contributed by atoms with Crippen molar-refractivity contribution in [3.8, 4) is 5.75 Å². The van der Waals surface area contributed by atoms with Crippen LogP contribution in [0.3, 0.4) is 0 Å². The third-order valence-corrected chi connectivity index (χ3v) is 3.75. The van der Waals surface area contributed by atoms with Gasteiger partial charge in [-0.1, -0.05) is 24.0 Å². The number of nitrogens with one attached hydrogen (secondary N) is 1. The van der Waals surface area contributed by atoms with E-state index in [0.717, 1.165) is 3.57 Å². The number of thioether (sulfide) groups is 1. The van der Waals surface area contributed by atoms with Crippen molar-refractivity contribution in [3.63, 3.8) is 0 Å². The summed E-state index contributed by atoms with van der Waals surface area (Å²) in [5.74, 6) is -0.0626. The zero-order chi connectivity index (χ0) is 11.7. The molecule has 1 fully saturated rings. The van der Waals surface area contributed by atoms with Crippen LogP contribution in [0.5, 0.6) is 5.75 Å². The maximum atomic E-state index is 11.4. The maximum Gasteiger partial charge on any atom is 0.263 e. The highest BCUT2D eigenvalue weighted by Crippen LogP contribution is 2.29. The summed E-state index contributed by atoms with van der Waals surface area (Å²) in [4.78, 5) is 11.9. The number of thiocarbonyl (C=S) groups is 1. The third-order valence-electron chi connectivity index (χ3n) is 1.92. The number of amides is 1. The number of rotatable bonds is 1. The first-order valence-electron chi connectivity index (χ1n) is 4.29. The van der Waals surface area contributed by atoms with E-state index >= 15 is 0 Å². The molecule has 0 aliphatic carbocycles. The molecule has 0 saturated carbocycles. The van der Waals surface area contributed by atoms with Crippen LogP contribution in [0.25, 0.3) is 6.08 Å². The molecule has 0 spiro atoms. The molecule has 3 nitrogen and oxygen atoms in total. The Bertz CT molecular complexity index is 514. The Labute approximate surface area is 115 Å². The fourth-order valence-corrected chi connectivity index (χ4v) is 2.75. The molecule has 1 saturated heterocycles. The predicted molar refractivity (Wildman–Crippen MR) is 77.1 cm³/mol. The van der Waals surface area contributed by atoms with Crippen LogP contribution in [0, 0.1) is 3.57 Å². The second kappa shape index (κ2) is 4.72. The number of halogens is 1. The standard InChI is InChI=1S/C10H6INO2S2/c11-6-1-2-7(13)5(3-6)4-8-9(14)12-10(15)16-8/h1-4,13H,(H,12,14,15)/b8-4+. The van der Waals surface area contributed by atoms with E-state index in [0.29, 0.717) is 14.8 Å². The SMILES string of the molecule is O=C1NC(=S)S/C1=C/c1cc(I)ccc1O. The van der Waals surface area contributed by atoms with Crippen LogP contribution in [0.4, 0.5) is 0 Å². The molecule has 0 unspecified atom stereocenters. The van der Waals surface area contributed by atoms with Gasteiger partial charge in [-0.15, -0.1) is 0 Å². The molecule has 0 radical (unpaired) electrons. The largest absolute Gasteiger partial charge is 0.507 e. The van der Waals surface area contributed by atoms with Gasteiger partial charge in [-0.3, -0.25) is 4.79 Å². The first-order valence-corrected chi connectivity index (χ1v) is 6.60. The molecule has 1 amide bonds. The van der Waals surface area contributed by atoms with E-state index in [2.05, 4.69) is 27.9 Å². The van der Waals surface area contributed by atoms with E-state index < -0.39 is 0 Å². The molecule has 1 aliphatic rings. The molecule has 1 aromatic rings. The van der Waals surface area contributed by atoms with Crippen LogP contribution in [0.2, 0.25) is 0 Å². The van der Waals surface area contributed by atoms with Gasteiger partial charge < -0.3 is 10.4 Å². The topological polar surface area (TPSA) is 49.3 Å². The van der Waals surface area contributed by atoms with Gasteiger partial charge >= 0.3 is 0 Å². The Morgan fingerprint density at radius 3 is 2.88 bits per heavy atom. The molecule has 1 aliphatic heterocycles. The average Bonchev–Trinajstić information content (AvgIpc) is 2.51. The van der Waals surface area contributed by atoms with Crippen LogP contribution < -0.4 is 5.32 Å². The van der Waals surface area contributed by atoms with Gasteiger partial charge in [0.15, 0.2) is 0 Å². The lowest BCUT2D eigenvalue weighted by Crippen LogP contribution is -2.17. The maximum absolute atomic E-state index is 11.4. The number of carbonyl (C=O) groups excluding carboxylic acids is 1. The zero-order valence-electron chi connectivity index (χ0n) is 7.86. The highest BCUT2D eigenvalue weighted by molar-refractivity contribution is 14.1. The van der Waals surface area contributed by atoms with Crippen molar-refractivity contribution in [1.29, 1.82) is 0 Å². The fraction of sp³-hybridized carbons (Fsp3) is 0. The molecular formula is C10H6INO2S2. The third kappa shape index (κ3) is 2.55. The Hall–Kier alpha value is -0.600. The lowest BCUT2D eigenvalue weighted by molar-refractivity contribution is -0.115. The average molecular weight is 363 g/mol. The van der Waals surface area contributed by atoms with E-state index in [-0.39, 0.29) is 11.7 Å². The highest BCUT2D eigenvalue weighted by atomic mass is 127. The van der Waals surface area contributed by atoms with Crippen LogP contribution >= 0.6 is 46.6 Å². The Morgan fingerprint density at radius 1 is 1.50 bits per heavy atom. The molecule has 1 aromatic carbocycles. The Kier molecular flexibility index (Phi) is 3.50. The summed E-state index contributed by atoms with van der Waals surface area (Å²) in [7, 11) is 0. The van der Waals surface area contributed by atoms with Gasteiger partial charge in [0.2, 0.25) is 0 Å². The predicted octanol–water partition coefficient (Wildman–Crippen LogP) is 2.49. The zero-order valence-corrected chi connectivity index (χ0v) is 11.6. The van der Waals surface area contributed by atoms with Crippen molar-refractivity contribution in [2.75, 3.05) is 0 Å². The second-order valence-corrected chi connectivity index (χ2v) is 6.02. The summed E-state index contributed by atoms with van der Waals surface area (Å²) in [6, 6.07) is 5.20. The summed E-state index contributed by atoms with van der Waals surface area (Å²) in [5.41, 5.74) is 0.620. The molecule has 0 bridgehead atoms. The van der Waals surface area contributed by atoms with Crippen LogP contribution in [0.1, 0.15) is 5.56 Å². The lowest BCUT2D eigenvalue weighted by Gasteiger charge is -2.00. The van der Waals surface area contributed by atoms with Gasteiger partial charge in [0.1, 0.15) is 10.1 Å². The minimum atomic E-state index is -0.215. The van der Waals surface area contributed by atoms with Crippen molar-refractivity contribution < 1.29 is 9.90 Å². The van der Waals surface area contributed by atoms with Crippen LogP contribution in [-0.2, 0) is 4.79 Å². The number of hydrogen-bond donors (Lipinski definition) is 2. The van der Waals surface area contributed by atoms with E-state index in [4.69, 9.17) is 12.2 Å². The van der Waals surface area contributed by atoms with E-state index in [9.17, 15) is 9.90 Å². The summed E-state index contributed by atoms with van der Waals surface area (Å²) < 4.78 is 1.44.